The Morgan fingerprint density at radius 2 is 2.07 bits per heavy atom. The molecule has 1 atom stereocenters. The number of amides is 1. The number of carbonyl (C=O) groups is 1. The first-order valence-electron chi connectivity index (χ1n) is 8.71. The van der Waals surface area contributed by atoms with Crippen LogP contribution in [0.2, 0.25) is 5.02 Å². The molecule has 138 valence electrons. The number of hydrogen-bond donors (Lipinski definition) is 1. The second kappa shape index (κ2) is 7.70. The maximum atomic E-state index is 12.6. The number of halogens is 1. The Bertz CT molecular complexity index is 958. The SMILES string of the molecule is C[C@H](Sc1nnc(-c2cccnc2)n1C1CC1)C(=O)Nc1ccccc1Cl. The van der Waals surface area contributed by atoms with Crippen molar-refractivity contribution < 1.29 is 4.79 Å². The highest BCUT2D eigenvalue weighted by atomic mass is 35.5. The highest BCUT2D eigenvalue weighted by Gasteiger charge is 2.31. The van der Waals surface area contributed by atoms with Crippen molar-refractivity contribution in [2.24, 2.45) is 0 Å². The number of hydrogen-bond acceptors (Lipinski definition) is 5. The highest BCUT2D eigenvalue weighted by Crippen LogP contribution is 2.41. The summed E-state index contributed by atoms with van der Waals surface area (Å²) in [5.74, 6) is 0.674. The molecule has 0 unspecified atom stereocenters. The summed E-state index contributed by atoms with van der Waals surface area (Å²) < 4.78 is 2.13. The first-order valence-corrected chi connectivity index (χ1v) is 9.96. The van der Waals surface area contributed by atoms with E-state index < -0.39 is 0 Å². The predicted molar refractivity (Wildman–Crippen MR) is 107 cm³/mol. The number of anilines is 1. The van der Waals surface area contributed by atoms with Crippen LogP contribution in [0.4, 0.5) is 5.69 Å². The van der Waals surface area contributed by atoms with Crippen LogP contribution in [-0.2, 0) is 4.79 Å². The van der Waals surface area contributed by atoms with Gasteiger partial charge in [0.1, 0.15) is 0 Å². The number of rotatable bonds is 6. The average molecular weight is 400 g/mol. The lowest BCUT2D eigenvalue weighted by atomic mass is 10.3. The Morgan fingerprint density at radius 1 is 1.26 bits per heavy atom. The number of thioether (sulfide) groups is 1. The molecule has 0 spiro atoms. The van der Waals surface area contributed by atoms with Crippen LogP contribution in [0.5, 0.6) is 0 Å². The van der Waals surface area contributed by atoms with E-state index in [1.54, 1.807) is 24.5 Å². The van der Waals surface area contributed by atoms with Gasteiger partial charge >= 0.3 is 0 Å². The topological polar surface area (TPSA) is 72.7 Å². The fourth-order valence-electron chi connectivity index (χ4n) is 2.72. The number of pyridine rings is 1. The van der Waals surface area contributed by atoms with Crippen molar-refractivity contribution >= 4 is 35.0 Å². The Labute approximate surface area is 166 Å². The average Bonchev–Trinajstić information content (AvgIpc) is 3.44. The molecule has 0 saturated heterocycles. The minimum absolute atomic E-state index is 0.124. The van der Waals surface area contributed by atoms with E-state index in [-0.39, 0.29) is 11.2 Å². The monoisotopic (exact) mass is 399 g/mol. The van der Waals surface area contributed by atoms with Crippen molar-refractivity contribution in [2.75, 3.05) is 5.32 Å². The summed E-state index contributed by atoms with van der Waals surface area (Å²) in [7, 11) is 0. The highest BCUT2D eigenvalue weighted by molar-refractivity contribution is 8.00. The van der Waals surface area contributed by atoms with Gasteiger partial charge in [0, 0.05) is 24.0 Å². The largest absolute Gasteiger partial charge is 0.324 e. The van der Waals surface area contributed by atoms with Gasteiger partial charge in [-0.15, -0.1) is 10.2 Å². The maximum Gasteiger partial charge on any atom is 0.237 e. The summed E-state index contributed by atoms with van der Waals surface area (Å²) in [5.41, 5.74) is 1.54. The molecule has 0 bridgehead atoms. The van der Waals surface area contributed by atoms with Crippen LogP contribution in [0, 0.1) is 0 Å². The third kappa shape index (κ3) is 3.99. The van der Waals surface area contributed by atoms with E-state index in [0.29, 0.717) is 16.8 Å². The Balaban J connectivity index is 1.53. The van der Waals surface area contributed by atoms with Gasteiger partial charge in [-0.1, -0.05) is 35.5 Å². The molecule has 2 aromatic heterocycles. The molecule has 1 amide bonds. The van der Waals surface area contributed by atoms with Crippen LogP contribution in [0.25, 0.3) is 11.4 Å². The molecule has 1 fully saturated rings. The van der Waals surface area contributed by atoms with E-state index in [2.05, 4.69) is 25.1 Å². The van der Waals surface area contributed by atoms with Crippen LogP contribution in [0.3, 0.4) is 0 Å². The van der Waals surface area contributed by atoms with Gasteiger partial charge in [-0.05, 0) is 44.0 Å². The van der Waals surface area contributed by atoms with Crippen molar-refractivity contribution in [1.82, 2.24) is 19.7 Å². The van der Waals surface area contributed by atoms with Gasteiger partial charge in [-0.2, -0.15) is 0 Å². The lowest BCUT2D eigenvalue weighted by Gasteiger charge is -2.14. The maximum absolute atomic E-state index is 12.6. The van der Waals surface area contributed by atoms with Crippen LogP contribution >= 0.6 is 23.4 Å². The molecular weight excluding hydrogens is 382 g/mol. The van der Waals surface area contributed by atoms with Crippen LogP contribution in [0.15, 0.2) is 53.9 Å². The first-order chi connectivity index (χ1) is 13.1. The standard InChI is InChI=1S/C19H18ClN5OS/c1-12(18(26)22-16-7-3-2-6-15(16)20)27-19-24-23-17(25(19)14-8-9-14)13-5-4-10-21-11-13/h2-7,10-12,14H,8-9H2,1H3,(H,22,26)/t12-/m0/s1. The molecule has 0 radical (unpaired) electrons. The Hall–Kier alpha value is -2.38. The third-order valence-corrected chi connectivity index (χ3v) is 5.67. The number of nitrogens with zero attached hydrogens (tertiary/aromatic N) is 4. The Kier molecular flexibility index (Phi) is 5.13. The fourth-order valence-corrected chi connectivity index (χ4v) is 3.82. The van der Waals surface area contributed by atoms with Crippen molar-refractivity contribution in [2.45, 2.75) is 36.2 Å². The number of carbonyl (C=O) groups excluding carboxylic acids is 1. The summed E-state index contributed by atoms with van der Waals surface area (Å²) in [4.78, 5) is 16.8. The van der Waals surface area contributed by atoms with E-state index in [1.807, 2.05) is 31.2 Å². The van der Waals surface area contributed by atoms with Gasteiger partial charge in [0.25, 0.3) is 0 Å². The lowest BCUT2D eigenvalue weighted by molar-refractivity contribution is -0.115. The molecule has 1 N–H and O–H groups in total. The molecule has 1 saturated carbocycles. The van der Waals surface area contributed by atoms with E-state index in [9.17, 15) is 4.79 Å². The molecule has 1 aliphatic carbocycles. The molecule has 27 heavy (non-hydrogen) atoms. The van der Waals surface area contributed by atoms with Crippen molar-refractivity contribution in [3.63, 3.8) is 0 Å². The fraction of sp³-hybridized carbons (Fsp3) is 0.263. The number of para-hydroxylation sites is 1. The van der Waals surface area contributed by atoms with E-state index >= 15 is 0 Å². The number of aromatic nitrogens is 4. The number of benzene rings is 1. The van der Waals surface area contributed by atoms with Gasteiger partial charge in [0.2, 0.25) is 5.91 Å². The normalized spacial score (nSPS) is 14.7. The minimum Gasteiger partial charge on any atom is -0.324 e. The van der Waals surface area contributed by atoms with Crippen LogP contribution in [0.1, 0.15) is 25.8 Å². The second-order valence-electron chi connectivity index (χ2n) is 6.38. The zero-order valence-corrected chi connectivity index (χ0v) is 16.2. The molecular formula is C19H18ClN5OS. The lowest BCUT2D eigenvalue weighted by Crippen LogP contribution is -2.23. The summed E-state index contributed by atoms with van der Waals surface area (Å²) >= 11 is 7.53. The smallest absolute Gasteiger partial charge is 0.237 e. The van der Waals surface area contributed by atoms with Gasteiger partial charge in [0.05, 0.1) is 16.0 Å². The summed E-state index contributed by atoms with van der Waals surface area (Å²) in [5, 5.41) is 12.5. The van der Waals surface area contributed by atoms with E-state index in [0.717, 1.165) is 29.4 Å². The van der Waals surface area contributed by atoms with E-state index in [1.165, 1.54) is 11.8 Å². The Morgan fingerprint density at radius 3 is 2.78 bits per heavy atom. The van der Waals surface area contributed by atoms with Crippen LogP contribution in [-0.4, -0.2) is 30.9 Å². The zero-order chi connectivity index (χ0) is 18.8. The first kappa shape index (κ1) is 18.0. The number of nitrogens with one attached hydrogen (secondary N) is 1. The molecule has 6 nitrogen and oxygen atoms in total. The van der Waals surface area contributed by atoms with Gasteiger partial charge in [-0.3, -0.25) is 14.3 Å². The molecule has 1 aromatic carbocycles. The summed E-state index contributed by atoms with van der Waals surface area (Å²) in [6, 6.07) is 11.4. The van der Waals surface area contributed by atoms with Crippen molar-refractivity contribution in [3.8, 4) is 11.4 Å². The van der Waals surface area contributed by atoms with Crippen molar-refractivity contribution in [3.05, 3.63) is 53.8 Å². The molecule has 8 heteroatoms. The molecule has 3 aromatic rings. The van der Waals surface area contributed by atoms with Gasteiger partial charge < -0.3 is 5.32 Å². The molecule has 2 heterocycles. The van der Waals surface area contributed by atoms with E-state index in [4.69, 9.17) is 11.6 Å². The molecule has 0 aliphatic heterocycles. The predicted octanol–water partition coefficient (Wildman–Crippen LogP) is 4.45. The summed E-state index contributed by atoms with van der Waals surface area (Å²) in [6.45, 7) is 1.85. The van der Waals surface area contributed by atoms with Gasteiger partial charge in [0.15, 0.2) is 11.0 Å². The van der Waals surface area contributed by atoms with Gasteiger partial charge in [-0.25, -0.2) is 0 Å². The second-order valence-corrected chi connectivity index (χ2v) is 8.09. The molecule has 1 aliphatic rings. The van der Waals surface area contributed by atoms with Crippen molar-refractivity contribution in [1.29, 1.82) is 0 Å². The van der Waals surface area contributed by atoms with Crippen LogP contribution < -0.4 is 5.32 Å². The quantitative estimate of drug-likeness (QED) is 0.620. The minimum atomic E-state index is -0.343. The molecule has 4 rings (SSSR count). The zero-order valence-electron chi connectivity index (χ0n) is 14.7. The third-order valence-electron chi connectivity index (χ3n) is 4.28. The summed E-state index contributed by atoms with van der Waals surface area (Å²) in [6.07, 6.45) is 5.71.